The number of rotatable bonds is 4. The maximum Gasteiger partial charge on any atom is 0.410 e. The second-order valence-corrected chi connectivity index (χ2v) is 12.2. The van der Waals surface area contributed by atoms with Crippen LogP contribution in [0.25, 0.3) is 11.8 Å². The van der Waals surface area contributed by atoms with Gasteiger partial charge in [0.05, 0.1) is 0 Å². The van der Waals surface area contributed by atoms with E-state index in [1.165, 1.54) is 11.3 Å². The molecule has 2 saturated heterocycles. The van der Waals surface area contributed by atoms with E-state index in [4.69, 9.17) is 16.2 Å². The predicted octanol–water partition coefficient (Wildman–Crippen LogP) is 3.98. The molecule has 0 saturated carbocycles. The van der Waals surface area contributed by atoms with Crippen LogP contribution in [0.2, 0.25) is 0 Å². The molecule has 0 atom stereocenters. The minimum Gasteiger partial charge on any atom is -0.507 e. The van der Waals surface area contributed by atoms with Crippen molar-refractivity contribution in [1.29, 1.82) is 0 Å². The zero-order chi connectivity index (χ0) is 27.7. The second-order valence-electron chi connectivity index (χ2n) is 12.2. The van der Waals surface area contributed by atoms with Crippen LogP contribution in [0.5, 0.6) is 5.75 Å². The van der Waals surface area contributed by atoms with E-state index in [1.807, 2.05) is 43.9 Å². The lowest BCUT2D eigenvalue weighted by Gasteiger charge is -2.44. The highest BCUT2D eigenvalue weighted by molar-refractivity contribution is 5.86. The quantitative estimate of drug-likeness (QED) is 0.466. The van der Waals surface area contributed by atoms with Gasteiger partial charge in [-0.1, -0.05) is 12.1 Å². The number of nitrogens with one attached hydrogen (secondary N) is 1. The molecule has 1 aromatic heterocycles. The largest absolute Gasteiger partial charge is 0.507 e. The number of phenols is 1. The van der Waals surface area contributed by atoms with Gasteiger partial charge >= 0.3 is 6.09 Å². The average Bonchev–Trinajstić information content (AvgIpc) is 3.22. The molecule has 212 valence electrons. The fourth-order valence-corrected chi connectivity index (χ4v) is 6.35. The Morgan fingerprint density at radius 2 is 1.67 bits per heavy atom. The summed E-state index contributed by atoms with van der Waals surface area (Å²) in [6, 6.07) is 8.19. The van der Waals surface area contributed by atoms with E-state index in [0.717, 1.165) is 76.9 Å². The molecule has 9 nitrogen and oxygen atoms in total. The van der Waals surface area contributed by atoms with Crippen molar-refractivity contribution < 1.29 is 14.6 Å². The molecular weight excluding hydrogens is 492 g/mol. The molecule has 0 spiro atoms. The molecule has 4 heterocycles. The number of aromatic nitrogens is 1. The Balaban J connectivity index is 1.17. The number of H-pyrrole nitrogens is 1. The van der Waals surface area contributed by atoms with Gasteiger partial charge in [-0.05, 0) is 83.3 Å². The van der Waals surface area contributed by atoms with Gasteiger partial charge < -0.3 is 36.1 Å². The molecule has 39 heavy (non-hydrogen) atoms. The summed E-state index contributed by atoms with van der Waals surface area (Å²) in [6.07, 6.45) is 6.95. The molecule has 6 N–H and O–H groups in total. The maximum atomic E-state index is 12.4. The van der Waals surface area contributed by atoms with E-state index in [2.05, 4.69) is 14.8 Å². The van der Waals surface area contributed by atoms with Gasteiger partial charge in [0.2, 0.25) is 0 Å². The number of likely N-dealkylation sites (tertiary alicyclic amines) is 2. The van der Waals surface area contributed by atoms with Gasteiger partial charge in [-0.25, -0.2) is 4.79 Å². The second kappa shape index (κ2) is 11.1. The summed E-state index contributed by atoms with van der Waals surface area (Å²) in [5.74, 6) is 0.797. The number of nitrogens with zero attached hydrogens (tertiary/aromatic N) is 3. The minimum atomic E-state index is -0.453. The third-order valence-electron chi connectivity index (χ3n) is 8.44. The number of carbonyl (C=O) groups excluding carboxylic acids is 1. The monoisotopic (exact) mass is 536 g/mol. The van der Waals surface area contributed by atoms with E-state index in [9.17, 15) is 9.90 Å². The number of phenolic OH excluding ortho intramolecular Hbond substituents is 1. The van der Waals surface area contributed by atoms with Gasteiger partial charge in [0.1, 0.15) is 17.2 Å². The van der Waals surface area contributed by atoms with Crippen molar-refractivity contribution in [3.8, 4) is 5.75 Å². The van der Waals surface area contributed by atoms with Crippen LogP contribution in [0.15, 0.2) is 24.3 Å². The Morgan fingerprint density at radius 1 is 1.03 bits per heavy atom. The van der Waals surface area contributed by atoms with Crippen molar-refractivity contribution in [2.24, 2.45) is 5.73 Å². The number of ether oxygens (including phenoxy) is 1. The molecule has 0 unspecified atom stereocenters. The van der Waals surface area contributed by atoms with E-state index >= 15 is 0 Å². The summed E-state index contributed by atoms with van der Waals surface area (Å²) >= 11 is 0. The Bertz CT molecular complexity index is 1200. The number of hydrogen-bond acceptors (Lipinski definition) is 7. The Kier molecular flexibility index (Phi) is 7.82. The molecule has 2 aromatic rings. The van der Waals surface area contributed by atoms with Gasteiger partial charge in [0.25, 0.3) is 0 Å². The van der Waals surface area contributed by atoms with Crippen LogP contribution >= 0.6 is 0 Å². The number of aromatic amines is 1. The zero-order valence-corrected chi connectivity index (χ0v) is 23.6. The number of anilines is 1. The summed E-state index contributed by atoms with van der Waals surface area (Å²) < 4.78 is 5.56. The lowest BCUT2D eigenvalue weighted by molar-refractivity contribution is 0.00945. The number of nitrogen functional groups attached to an aromatic ring is 1. The Morgan fingerprint density at radius 3 is 2.33 bits per heavy atom. The van der Waals surface area contributed by atoms with Gasteiger partial charge in [0, 0.05) is 67.2 Å². The first kappa shape index (κ1) is 27.4. The van der Waals surface area contributed by atoms with Crippen LogP contribution in [-0.2, 0) is 17.7 Å². The number of para-hydroxylation sites is 1. The van der Waals surface area contributed by atoms with Crippen LogP contribution in [0.3, 0.4) is 0 Å². The molecule has 0 radical (unpaired) electrons. The van der Waals surface area contributed by atoms with Crippen LogP contribution in [0.4, 0.5) is 10.6 Å². The topological polar surface area (TPSA) is 124 Å². The van der Waals surface area contributed by atoms with Crippen LogP contribution in [0.1, 0.15) is 68.8 Å². The molecule has 0 aliphatic carbocycles. The van der Waals surface area contributed by atoms with E-state index in [1.54, 1.807) is 12.1 Å². The summed E-state index contributed by atoms with van der Waals surface area (Å²) in [5.41, 5.74) is 16.8. The summed E-state index contributed by atoms with van der Waals surface area (Å²) in [6.45, 7) is 11.3. The fourth-order valence-electron chi connectivity index (χ4n) is 6.35. The molecular formula is C30H44N6O3. The van der Waals surface area contributed by atoms with Crippen LogP contribution in [-0.4, -0.2) is 81.3 Å². The highest BCUT2D eigenvalue weighted by Crippen LogP contribution is 2.33. The number of amides is 1. The third kappa shape index (κ3) is 6.20. The first-order chi connectivity index (χ1) is 18.6. The number of hydrogen-bond donors (Lipinski definition) is 4. The first-order valence-electron chi connectivity index (χ1n) is 14.3. The van der Waals surface area contributed by atoms with Crippen molar-refractivity contribution in [1.82, 2.24) is 19.7 Å². The van der Waals surface area contributed by atoms with Gasteiger partial charge in [-0.2, -0.15) is 0 Å². The highest BCUT2D eigenvalue weighted by Gasteiger charge is 2.34. The summed E-state index contributed by atoms with van der Waals surface area (Å²) in [4.78, 5) is 22.9. The van der Waals surface area contributed by atoms with E-state index in [-0.39, 0.29) is 11.8 Å². The van der Waals surface area contributed by atoms with Gasteiger partial charge in [-0.15, -0.1) is 0 Å². The molecule has 3 aliphatic heterocycles. The predicted molar refractivity (Wildman–Crippen MR) is 155 cm³/mol. The third-order valence-corrected chi connectivity index (χ3v) is 8.44. The highest BCUT2D eigenvalue weighted by atomic mass is 16.6. The molecule has 2 fully saturated rings. The molecule has 5 rings (SSSR count). The van der Waals surface area contributed by atoms with E-state index in [0.29, 0.717) is 29.2 Å². The van der Waals surface area contributed by atoms with Gasteiger partial charge in [0.15, 0.2) is 0 Å². The summed E-state index contributed by atoms with van der Waals surface area (Å²) in [7, 11) is 0. The lowest BCUT2D eigenvalue weighted by atomic mass is 9.94. The van der Waals surface area contributed by atoms with Crippen LogP contribution < -0.4 is 11.5 Å². The maximum absolute atomic E-state index is 12.4. The Hall–Kier alpha value is -3.17. The standard InChI is InChI=1S/C30H44N6O3/c1-30(2,3)39-29(38)35-15-10-20(11-16-35)34-13-8-21(9-14-34)36-17-12-26-24(19-36)23(28(32)33-26)18-25(31)22-6-4-5-7-27(22)37/h4-7,18,20-21,33,37H,8-17,19,31-32H2,1-3H3/b25-18-. The summed E-state index contributed by atoms with van der Waals surface area (Å²) in [5, 5.41) is 10.2. The fraction of sp³-hybridized carbons (Fsp3) is 0.567. The number of aromatic hydroxyl groups is 1. The van der Waals surface area contributed by atoms with Crippen molar-refractivity contribution in [3.05, 3.63) is 46.6 Å². The van der Waals surface area contributed by atoms with Crippen molar-refractivity contribution in [2.75, 3.05) is 38.5 Å². The minimum absolute atomic E-state index is 0.165. The zero-order valence-electron chi connectivity index (χ0n) is 23.6. The van der Waals surface area contributed by atoms with Crippen molar-refractivity contribution in [3.63, 3.8) is 0 Å². The molecule has 1 aromatic carbocycles. The lowest BCUT2D eigenvalue weighted by Crippen LogP contribution is -2.52. The number of piperidine rings is 2. The van der Waals surface area contributed by atoms with Crippen LogP contribution in [0, 0.1) is 0 Å². The number of benzene rings is 1. The molecule has 0 bridgehead atoms. The first-order valence-corrected chi connectivity index (χ1v) is 14.3. The molecule has 1 amide bonds. The molecule has 9 heteroatoms. The Labute approximate surface area is 231 Å². The van der Waals surface area contributed by atoms with Crippen molar-refractivity contribution in [2.45, 2.75) is 77.1 Å². The van der Waals surface area contributed by atoms with Gasteiger partial charge in [-0.3, -0.25) is 4.90 Å². The SMILES string of the molecule is CC(C)(C)OC(=O)N1CCC(N2CCC(N3CCc4[nH]c(N)c(/C=C(\N)c5ccccc5O)c4C3)CC2)CC1. The smallest absolute Gasteiger partial charge is 0.410 e. The van der Waals surface area contributed by atoms with Crippen molar-refractivity contribution >= 4 is 23.7 Å². The normalized spacial score (nSPS) is 20.7. The average molecular weight is 537 g/mol. The molecule has 3 aliphatic rings. The number of fused-ring (bicyclic) bond motifs is 1. The number of nitrogens with two attached hydrogens (primary N) is 2. The van der Waals surface area contributed by atoms with E-state index < -0.39 is 5.60 Å². The number of carbonyl (C=O) groups is 1.